The van der Waals surface area contributed by atoms with Crippen molar-refractivity contribution in [3.63, 3.8) is 0 Å². The Morgan fingerprint density at radius 1 is 1.37 bits per heavy atom. The van der Waals surface area contributed by atoms with Gasteiger partial charge in [0.15, 0.2) is 0 Å². The van der Waals surface area contributed by atoms with Gasteiger partial charge in [0.1, 0.15) is 5.82 Å². The SMILES string of the molecule is CNC(=O)CN(C)C(=O)c1ccc(C(=O)O)cc1F. The van der Waals surface area contributed by atoms with Crippen LogP contribution in [0.1, 0.15) is 20.7 Å². The van der Waals surface area contributed by atoms with E-state index in [4.69, 9.17) is 5.11 Å². The number of likely N-dealkylation sites (N-methyl/N-ethyl adjacent to an activating group) is 2. The molecule has 0 unspecified atom stereocenters. The first-order valence-corrected chi connectivity index (χ1v) is 5.35. The van der Waals surface area contributed by atoms with Gasteiger partial charge in [0.2, 0.25) is 5.91 Å². The summed E-state index contributed by atoms with van der Waals surface area (Å²) in [5.41, 5.74) is -0.528. The lowest BCUT2D eigenvalue weighted by Gasteiger charge is -2.16. The van der Waals surface area contributed by atoms with Gasteiger partial charge in [-0.1, -0.05) is 0 Å². The van der Waals surface area contributed by atoms with E-state index in [1.807, 2.05) is 0 Å². The summed E-state index contributed by atoms with van der Waals surface area (Å²) in [6.07, 6.45) is 0. The van der Waals surface area contributed by atoms with Crippen molar-refractivity contribution >= 4 is 17.8 Å². The van der Waals surface area contributed by atoms with E-state index in [0.29, 0.717) is 0 Å². The van der Waals surface area contributed by atoms with Gasteiger partial charge in [-0.2, -0.15) is 0 Å². The third kappa shape index (κ3) is 3.51. The molecule has 1 aromatic carbocycles. The number of nitrogens with one attached hydrogen (secondary N) is 1. The zero-order chi connectivity index (χ0) is 14.6. The maximum atomic E-state index is 13.6. The molecule has 6 nitrogen and oxygen atoms in total. The Morgan fingerprint density at radius 2 is 2.00 bits per heavy atom. The lowest BCUT2D eigenvalue weighted by atomic mass is 10.1. The van der Waals surface area contributed by atoms with E-state index < -0.39 is 23.6 Å². The minimum atomic E-state index is -1.28. The van der Waals surface area contributed by atoms with E-state index in [0.717, 1.165) is 23.1 Å². The summed E-state index contributed by atoms with van der Waals surface area (Å²) in [6.45, 7) is -0.213. The second-order valence-electron chi connectivity index (χ2n) is 3.83. The first-order valence-electron chi connectivity index (χ1n) is 5.35. The molecule has 0 fully saturated rings. The standard InChI is InChI=1S/C12H13FN2O4/c1-14-10(16)6-15(2)11(17)8-4-3-7(12(18)19)5-9(8)13/h3-5H,6H2,1-2H3,(H,14,16)(H,18,19). The molecule has 0 heterocycles. The summed E-state index contributed by atoms with van der Waals surface area (Å²) in [6, 6.07) is 2.98. The lowest BCUT2D eigenvalue weighted by Crippen LogP contribution is -2.37. The Bertz CT molecular complexity index is 530. The summed E-state index contributed by atoms with van der Waals surface area (Å²) < 4.78 is 13.6. The largest absolute Gasteiger partial charge is 0.478 e. The van der Waals surface area contributed by atoms with Crippen LogP contribution < -0.4 is 5.32 Å². The van der Waals surface area contributed by atoms with E-state index in [1.165, 1.54) is 14.1 Å². The van der Waals surface area contributed by atoms with Crippen LogP contribution in [0, 0.1) is 5.82 Å². The average Bonchev–Trinajstić information content (AvgIpc) is 2.37. The van der Waals surface area contributed by atoms with E-state index in [2.05, 4.69) is 5.32 Å². The molecule has 0 aromatic heterocycles. The Hall–Kier alpha value is -2.44. The van der Waals surface area contributed by atoms with Gasteiger partial charge in [-0.25, -0.2) is 9.18 Å². The summed E-state index contributed by atoms with van der Waals surface area (Å²) in [7, 11) is 2.77. The second kappa shape index (κ2) is 5.94. The van der Waals surface area contributed by atoms with Crippen LogP contribution in [0.25, 0.3) is 0 Å². The molecular weight excluding hydrogens is 255 g/mol. The topological polar surface area (TPSA) is 86.7 Å². The van der Waals surface area contributed by atoms with Gasteiger partial charge >= 0.3 is 5.97 Å². The van der Waals surface area contributed by atoms with Gasteiger partial charge in [0, 0.05) is 14.1 Å². The van der Waals surface area contributed by atoms with Crippen molar-refractivity contribution in [2.75, 3.05) is 20.6 Å². The third-order valence-electron chi connectivity index (χ3n) is 2.45. The van der Waals surface area contributed by atoms with Crippen LogP contribution >= 0.6 is 0 Å². The number of halogens is 1. The van der Waals surface area contributed by atoms with E-state index >= 15 is 0 Å². The number of carboxylic acid groups (broad SMARTS) is 1. The van der Waals surface area contributed by atoms with Crippen LogP contribution in [-0.2, 0) is 4.79 Å². The molecule has 0 bridgehead atoms. The molecule has 0 aliphatic rings. The number of rotatable bonds is 4. The van der Waals surface area contributed by atoms with Gasteiger partial charge in [-0.05, 0) is 18.2 Å². The second-order valence-corrected chi connectivity index (χ2v) is 3.83. The Balaban J connectivity index is 2.94. The Labute approximate surface area is 108 Å². The molecule has 2 N–H and O–H groups in total. The van der Waals surface area contributed by atoms with Gasteiger partial charge in [0.05, 0.1) is 17.7 Å². The molecule has 19 heavy (non-hydrogen) atoms. The number of amides is 2. The molecule has 1 aromatic rings. The molecule has 2 amide bonds. The summed E-state index contributed by atoms with van der Waals surface area (Å²) in [5, 5.41) is 11.0. The molecule has 0 aliphatic carbocycles. The van der Waals surface area contributed by atoms with E-state index in [1.54, 1.807) is 0 Å². The maximum Gasteiger partial charge on any atom is 0.335 e. The first-order chi connectivity index (χ1) is 8.86. The zero-order valence-electron chi connectivity index (χ0n) is 10.4. The molecule has 7 heteroatoms. The maximum absolute atomic E-state index is 13.6. The predicted octanol–water partition coefficient (Wildman–Crippen LogP) is 0.342. The minimum absolute atomic E-state index is 0.213. The molecule has 0 aliphatic heterocycles. The van der Waals surface area contributed by atoms with Crippen LogP contribution in [-0.4, -0.2) is 48.4 Å². The van der Waals surface area contributed by atoms with E-state index in [9.17, 15) is 18.8 Å². The van der Waals surface area contributed by atoms with Crippen molar-refractivity contribution in [1.82, 2.24) is 10.2 Å². The number of benzene rings is 1. The van der Waals surface area contributed by atoms with Gasteiger partial charge in [-0.15, -0.1) is 0 Å². The minimum Gasteiger partial charge on any atom is -0.478 e. The fourth-order valence-corrected chi connectivity index (χ4v) is 1.39. The number of nitrogens with zero attached hydrogens (tertiary/aromatic N) is 1. The lowest BCUT2D eigenvalue weighted by molar-refractivity contribution is -0.121. The number of carbonyl (C=O) groups excluding carboxylic acids is 2. The van der Waals surface area contributed by atoms with Crippen molar-refractivity contribution in [3.05, 3.63) is 35.1 Å². The van der Waals surface area contributed by atoms with Crippen molar-refractivity contribution in [2.45, 2.75) is 0 Å². The molecule has 0 spiro atoms. The van der Waals surface area contributed by atoms with E-state index in [-0.39, 0.29) is 17.7 Å². The van der Waals surface area contributed by atoms with Crippen LogP contribution in [0.5, 0.6) is 0 Å². The molecule has 0 atom stereocenters. The van der Waals surface area contributed by atoms with Gasteiger partial charge < -0.3 is 15.3 Å². The number of carboxylic acids is 1. The monoisotopic (exact) mass is 268 g/mol. The Kier molecular flexibility index (Phi) is 4.57. The van der Waals surface area contributed by atoms with Gasteiger partial charge in [0.25, 0.3) is 5.91 Å². The van der Waals surface area contributed by atoms with Crippen molar-refractivity contribution in [3.8, 4) is 0 Å². The highest BCUT2D eigenvalue weighted by molar-refractivity contribution is 5.97. The fourth-order valence-electron chi connectivity index (χ4n) is 1.39. The number of carbonyl (C=O) groups is 3. The number of hydrogen-bond donors (Lipinski definition) is 2. The quantitative estimate of drug-likeness (QED) is 0.824. The highest BCUT2D eigenvalue weighted by Gasteiger charge is 2.19. The van der Waals surface area contributed by atoms with Crippen molar-refractivity contribution in [1.29, 1.82) is 0 Å². The van der Waals surface area contributed by atoms with Crippen molar-refractivity contribution in [2.24, 2.45) is 0 Å². The Morgan fingerprint density at radius 3 is 2.47 bits per heavy atom. The predicted molar refractivity (Wildman–Crippen MR) is 64.4 cm³/mol. The fraction of sp³-hybridized carbons (Fsp3) is 0.250. The zero-order valence-corrected chi connectivity index (χ0v) is 10.4. The third-order valence-corrected chi connectivity index (χ3v) is 2.45. The smallest absolute Gasteiger partial charge is 0.335 e. The summed E-state index contributed by atoms with van der Waals surface area (Å²) in [4.78, 5) is 34.6. The highest BCUT2D eigenvalue weighted by Crippen LogP contribution is 2.12. The molecule has 102 valence electrons. The molecule has 1 rings (SSSR count). The molecule has 0 saturated heterocycles. The summed E-state index contributed by atoms with van der Waals surface area (Å²) in [5.74, 6) is -3.30. The number of aromatic carboxylic acids is 1. The number of hydrogen-bond acceptors (Lipinski definition) is 3. The average molecular weight is 268 g/mol. The molecular formula is C12H13FN2O4. The van der Waals surface area contributed by atoms with Crippen LogP contribution in [0.3, 0.4) is 0 Å². The van der Waals surface area contributed by atoms with Crippen LogP contribution in [0.15, 0.2) is 18.2 Å². The molecule has 0 saturated carbocycles. The van der Waals surface area contributed by atoms with Crippen LogP contribution in [0.2, 0.25) is 0 Å². The first kappa shape index (κ1) is 14.6. The normalized spacial score (nSPS) is 9.84. The van der Waals surface area contributed by atoms with Crippen LogP contribution in [0.4, 0.5) is 4.39 Å². The summed E-state index contributed by atoms with van der Waals surface area (Å²) >= 11 is 0. The molecule has 0 radical (unpaired) electrons. The highest BCUT2D eigenvalue weighted by atomic mass is 19.1. The van der Waals surface area contributed by atoms with Gasteiger partial charge in [-0.3, -0.25) is 9.59 Å². The van der Waals surface area contributed by atoms with Crippen molar-refractivity contribution < 1.29 is 23.9 Å².